The maximum absolute atomic E-state index is 12.2. The van der Waals surface area contributed by atoms with Gasteiger partial charge in [-0.25, -0.2) is 0 Å². The molecule has 1 heterocycles. The van der Waals surface area contributed by atoms with E-state index in [1.54, 1.807) is 0 Å². The molecule has 2 N–H and O–H groups in total. The zero-order valence-corrected chi connectivity index (χ0v) is 11.6. The molecule has 0 unspecified atom stereocenters. The maximum Gasteiger partial charge on any atom is 0.224 e. The fraction of sp³-hybridized carbons (Fsp3) is 0.471. The molecule has 3 heteroatoms. The normalized spacial score (nSPS) is 18.6. The second kappa shape index (κ2) is 4.65. The third-order valence-electron chi connectivity index (χ3n) is 4.71. The van der Waals surface area contributed by atoms with E-state index in [-0.39, 0.29) is 5.91 Å². The molecule has 4 rings (SSSR count). The van der Waals surface area contributed by atoms with Crippen molar-refractivity contribution in [3.8, 4) is 0 Å². The summed E-state index contributed by atoms with van der Waals surface area (Å²) in [7, 11) is 0. The standard InChI is InChI=1S/C17H20N2O/c20-17(10-15(11-1-2-11)12-3-4-12)19-14-5-6-16-13(9-14)7-8-18-16/h5-9,11-12,15,18H,1-4,10H2,(H,19,20). The predicted octanol–water partition coefficient (Wildman–Crippen LogP) is 3.93. The summed E-state index contributed by atoms with van der Waals surface area (Å²) in [6, 6.07) is 8.05. The molecule has 2 fully saturated rings. The van der Waals surface area contributed by atoms with Gasteiger partial charge in [-0.3, -0.25) is 4.79 Å². The Morgan fingerprint density at radius 3 is 2.65 bits per heavy atom. The molecule has 0 atom stereocenters. The minimum Gasteiger partial charge on any atom is -0.361 e. The fourth-order valence-corrected chi connectivity index (χ4v) is 3.32. The van der Waals surface area contributed by atoms with Crippen molar-refractivity contribution in [2.75, 3.05) is 5.32 Å². The van der Waals surface area contributed by atoms with E-state index in [1.807, 2.05) is 30.5 Å². The Morgan fingerprint density at radius 1 is 1.20 bits per heavy atom. The predicted molar refractivity (Wildman–Crippen MR) is 80.5 cm³/mol. The van der Waals surface area contributed by atoms with Gasteiger partial charge in [-0.15, -0.1) is 0 Å². The van der Waals surface area contributed by atoms with E-state index in [1.165, 1.54) is 25.7 Å². The number of anilines is 1. The van der Waals surface area contributed by atoms with Crippen molar-refractivity contribution < 1.29 is 4.79 Å². The number of aromatic amines is 1. The number of hydrogen-bond acceptors (Lipinski definition) is 1. The molecular weight excluding hydrogens is 248 g/mol. The molecule has 2 aliphatic rings. The van der Waals surface area contributed by atoms with Gasteiger partial charge in [0.1, 0.15) is 0 Å². The number of carbonyl (C=O) groups is 1. The summed E-state index contributed by atoms with van der Waals surface area (Å²) in [5.41, 5.74) is 2.02. The van der Waals surface area contributed by atoms with Crippen LogP contribution in [0.4, 0.5) is 5.69 Å². The average Bonchev–Trinajstić information content (AvgIpc) is 3.34. The molecule has 2 aliphatic carbocycles. The van der Waals surface area contributed by atoms with Crippen LogP contribution in [0.3, 0.4) is 0 Å². The highest BCUT2D eigenvalue weighted by atomic mass is 16.1. The lowest BCUT2D eigenvalue weighted by atomic mass is 9.94. The molecule has 0 bridgehead atoms. The number of aromatic nitrogens is 1. The number of nitrogens with one attached hydrogen (secondary N) is 2. The van der Waals surface area contributed by atoms with Crippen LogP contribution in [0.2, 0.25) is 0 Å². The van der Waals surface area contributed by atoms with Gasteiger partial charge < -0.3 is 10.3 Å². The van der Waals surface area contributed by atoms with Crippen LogP contribution in [0.5, 0.6) is 0 Å². The number of benzene rings is 1. The number of amides is 1. The molecule has 1 aromatic carbocycles. The Labute approximate surface area is 118 Å². The first-order valence-electron chi connectivity index (χ1n) is 7.66. The number of fused-ring (bicyclic) bond motifs is 1. The van der Waals surface area contributed by atoms with Crippen molar-refractivity contribution in [2.45, 2.75) is 32.1 Å². The Kier molecular flexibility index (Phi) is 2.79. The summed E-state index contributed by atoms with van der Waals surface area (Å²) in [6.45, 7) is 0. The minimum atomic E-state index is 0.184. The molecule has 20 heavy (non-hydrogen) atoms. The van der Waals surface area contributed by atoms with Gasteiger partial charge in [0.2, 0.25) is 5.91 Å². The first-order chi connectivity index (χ1) is 9.79. The van der Waals surface area contributed by atoms with E-state index < -0.39 is 0 Å². The van der Waals surface area contributed by atoms with Crippen molar-refractivity contribution in [1.82, 2.24) is 4.98 Å². The van der Waals surface area contributed by atoms with Gasteiger partial charge in [0.05, 0.1) is 0 Å². The van der Waals surface area contributed by atoms with Crippen LogP contribution in [0.15, 0.2) is 30.5 Å². The number of carbonyl (C=O) groups excluding carboxylic acids is 1. The molecule has 3 nitrogen and oxygen atoms in total. The minimum absolute atomic E-state index is 0.184. The molecule has 0 spiro atoms. The quantitative estimate of drug-likeness (QED) is 0.847. The Bertz CT molecular complexity index is 625. The molecule has 0 radical (unpaired) electrons. The number of rotatable bonds is 5. The largest absolute Gasteiger partial charge is 0.361 e. The third-order valence-corrected chi connectivity index (χ3v) is 4.71. The van der Waals surface area contributed by atoms with Crippen LogP contribution in [-0.4, -0.2) is 10.9 Å². The molecule has 1 amide bonds. The highest BCUT2D eigenvalue weighted by Gasteiger charge is 2.42. The van der Waals surface area contributed by atoms with Crippen LogP contribution in [0.1, 0.15) is 32.1 Å². The highest BCUT2D eigenvalue weighted by molar-refractivity contribution is 5.93. The summed E-state index contributed by atoms with van der Waals surface area (Å²) < 4.78 is 0. The molecule has 2 saturated carbocycles. The monoisotopic (exact) mass is 268 g/mol. The van der Waals surface area contributed by atoms with Crippen molar-refractivity contribution in [3.63, 3.8) is 0 Å². The molecule has 1 aromatic heterocycles. The first-order valence-corrected chi connectivity index (χ1v) is 7.66. The second-order valence-electron chi connectivity index (χ2n) is 6.37. The van der Waals surface area contributed by atoms with Gasteiger partial charge in [-0.1, -0.05) is 0 Å². The van der Waals surface area contributed by atoms with Crippen molar-refractivity contribution in [3.05, 3.63) is 30.5 Å². The number of H-pyrrole nitrogens is 1. The summed E-state index contributed by atoms with van der Waals surface area (Å²) in [5, 5.41) is 4.21. The van der Waals surface area contributed by atoms with E-state index in [2.05, 4.69) is 10.3 Å². The summed E-state index contributed by atoms with van der Waals surface area (Å²) >= 11 is 0. The van der Waals surface area contributed by atoms with E-state index in [0.29, 0.717) is 12.3 Å². The smallest absolute Gasteiger partial charge is 0.224 e. The number of hydrogen-bond donors (Lipinski definition) is 2. The highest BCUT2D eigenvalue weighted by Crippen LogP contribution is 2.50. The summed E-state index contributed by atoms with van der Waals surface area (Å²) in [4.78, 5) is 15.4. The maximum atomic E-state index is 12.2. The van der Waals surface area contributed by atoms with Crippen LogP contribution in [0.25, 0.3) is 10.9 Å². The van der Waals surface area contributed by atoms with Gasteiger partial charge in [-0.05, 0) is 67.7 Å². The van der Waals surface area contributed by atoms with E-state index >= 15 is 0 Å². The molecule has 2 aromatic rings. The van der Waals surface area contributed by atoms with Gasteiger partial charge in [-0.2, -0.15) is 0 Å². The molecular formula is C17H20N2O. The van der Waals surface area contributed by atoms with Crippen LogP contribution < -0.4 is 5.32 Å². The Morgan fingerprint density at radius 2 is 1.95 bits per heavy atom. The van der Waals surface area contributed by atoms with Gasteiger partial charge in [0, 0.05) is 29.2 Å². The van der Waals surface area contributed by atoms with Gasteiger partial charge >= 0.3 is 0 Å². The second-order valence-corrected chi connectivity index (χ2v) is 6.37. The molecule has 0 aliphatic heterocycles. The fourth-order valence-electron chi connectivity index (χ4n) is 3.32. The Balaban J connectivity index is 1.43. The lowest BCUT2D eigenvalue weighted by Gasteiger charge is -2.15. The zero-order chi connectivity index (χ0) is 13.5. The summed E-state index contributed by atoms with van der Waals surface area (Å²) in [6.07, 6.45) is 7.98. The molecule has 0 saturated heterocycles. The van der Waals surface area contributed by atoms with Crippen molar-refractivity contribution in [1.29, 1.82) is 0 Å². The van der Waals surface area contributed by atoms with Crippen LogP contribution in [0, 0.1) is 17.8 Å². The van der Waals surface area contributed by atoms with E-state index in [4.69, 9.17) is 0 Å². The summed E-state index contributed by atoms with van der Waals surface area (Å²) in [5.74, 6) is 2.50. The Hall–Kier alpha value is -1.77. The van der Waals surface area contributed by atoms with E-state index in [9.17, 15) is 4.79 Å². The zero-order valence-electron chi connectivity index (χ0n) is 11.6. The average molecular weight is 268 g/mol. The van der Waals surface area contributed by atoms with Crippen LogP contribution >= 0.6 is 0 Å². The van der Waals surface area contributed by atoms with Gasteiger partial charge in [0.25, 0.3) is 0 Å². The van der Waals surface area contributed by atoms with E-state index in [0.717, 1.165) is 28.4 Å². The SMILES string of the molecule is O=C(CC(C1CC1)C1CC1)Nc1ccc2[nH]ccc2c1. The van der Waals surface area contributed by atoms with Crippen LogP contribution in [-0.2, 0) is 4.79 Å². The topological polar surface area (TPSA) is 44.9 Å². The lowest BCUT2D eigenvalue weighted by molar-refractivity contribution is -0.117. The van der Waals surface area contributed by atoms with Gasteiger partial charge in [0.15, 0.2) is 0 Å². The third kappa shape index (κ3) is 2.45. The molecule has 104 valence electrons. The van der Waals surface area contributed by atoms with Crippen molar-refractivity contribution >= 4 is 22.5 Å². The van der Waals surface area contributed by atoms with Crippen molar-refractivity contribution in [2.24, 2.45) is 17.8 Å². The first kappa shape index (κ1) is 12.0. The lowest BCUT2D eigenvalue weighted by Crippen LogP contribution is -2.19.